The van der Waals surface area contributed by atoms with Gasteiger partial charge in [-0.1, -0.05) is 6.07 Å². The highest BCUT2D eigenvalue weighted by molar-refractivity contribution is 7.92. The molecule has 0 bridgehead atoms. The maximum atomic E-state index is 11.9. The third kappa shape index (κ3) is 3.74. The standard InChI is InChI=1S/C14H20N2O4S/c1-21(19,20)16(9-4-10-17)13-6-2-5-12(11-13)15-8-3-7-14(15)18/h2,5-6,11,17H,3-4,7-10H2,1H3. The van der Waals surface area contributed by atoms with Crippen molar-refractivity contribution in [2.75, 3.05) is 35.2 Å². The second-order valence-electron chi connectivity index (χ2n) is 5.08. The molecular weight excluding hydrogens is 292 g/mol. The van der Waals surface area contributed by atoms with Gasteiger partial charge in [0.1, 0.15) is 0 Å². The molecule has 0 aliphatic carbocycles. The number of hydrogen-bond acceptors (Lipinski definition) is 4. The SMILES string of the molecule is CS(=O)(=O)N(CCCO)c1cccc(N2CCCC2=O)c1. The van der Waals surface area contributed by atoms with Crippen molar-refractivity contribution in [3.63, 3.8) is 0 Å². The zero-order chi connectivity index (χ0) is 15.5. The van der Waals surface area contributed by atoms with Crippen molar-refractivity contribution in [3.8, 4) is 0 Å². The third-order valence-corrected chi connectivity index (χ3v) is 4.62. The van der Waals surface area contributed by atoms with Crippen molar-refractivity contribution < 1.29 is 18.3 Å². The Labute approximate surface area is 125 Å². The van der Waals surface area contributed by atoms with Gasteiger partial charge in [0, 0.05) is 31.8 Å². The van der Waals surface area contributed by atoms with Gasteiger partial charge in [0.25, 0.3) is 0 Å². The van der Waals surface area contributed by atoms with E-state index < -0.39 is 10.0 Å². The first-order chi connectivity index (χ1) is 9.93. The first kappa shape index (κ1) is 15.8. The first-order valence-corrected chi connectivity index (χ1v) is 8.77. The molecule has 1 amide bonds. The first-order valence-electron chi connectivity index (χ1n) is 6.92. The Morgan fingerprint density at radius 1 is 1.38 bits per heavy atom. The van der Waals surface area contributed by atoms with Crippen molar-refractivity contribution in [1.29, 1.82) is 0 Å². The third-order valence-electron chi connectivity index (χ3n) is 3.42. The number of nitrogens with zero attached hydrogens (tertiary/aromatic N) is 2. The molecule has 0 unspecified atom stereocenters. The van der Waals surface area contributed by atoms with E-state index in [9.17, 15) is 13.2 Å². The van der Waals surface area contributed by atoms with E-state index in [-0.39, 0.29) is 19.1 Å². The highest BCUT2D eigenvalue weighted by atomic mass is 32.2. The maximum Gasteiger partial charge on any atom is 0.232 e. The molecule has 1 aliphatic rings. The minimum absolute atomic E-state index is 0.0633. The number of aliphatic hydroxyl groups excluding tert-OH is 1. The van der Waals surface area contributed by atoms with E-state index >= 15 is 0 Å². The summed E-state index contributed by atoms with van der Waals surface area (Å²) in [6, 6.07) is 6.96. The molecule has 0 radical (unpaired) electrons. The van der Waals surface area contributed by atoms with Gasteiger partial charge in [-0.2, -0.15) is 0 Å². The van der Waals surface area contributed by atoms with Crippen LogP contribution in [-0.2, 0) is 14.8 Å². The Balaban J connectivity index is 2.31. The summed E-state index contributed by atoms with van der Waals surface area (Å²) < 4.78 is 25.1. The summed E-state index contributed by atoms with van der Waals surface area (Å²) in [6.45, 7) is 0.806. The molecule has 116 valence electrons. The van der Waals surface area contributed by atoms with Gasteiger partial charge in [-0.05, 0) is 31.0 Å². The van der Waals surface area contributed by atoms with Crippen LogP contribution in [0.2, 0.25) is 0 Å². The summed E-state index contributed by atoms with van der Waals surface area (Å²) in [5.74, 6) is 0.0633. The fourth-order valence-corrected chi connectivity index (χ4v) is 3.40. The second-order valence-corrected chi connectivity index (χ2v) is 6.99. The Kier molecular flexibility index (Phi) is 4.84. The maximum absolute atomic E-state index is 11.9. The van der Waals surface area contributed by atoms with Gasteiger partial charge >= 0.3 is 0 Å². The van der Waals surface area contributed by atoms with E-state index in [0.29, 0.717) is 30.8 Å². The van der Waals surface area contributed by atoms with Crippen molar-refractivity contribution in [1.82, 2.24) is 0 Å². The molecule has 1 fully saturated rings. The Morgan fingerprint density at radius 3 is 2.71 bits per heavy atom. The number of hydrogen-bond donors (Lipinski definition) is 1. The molecule has 0 aromatic heterocycles. The lowest BCUT2D eigenvalue weighted by atomic mass is 10.2. The number of carbonyl (C=O) groups excluding carboxylic acids is 1. The summed E-state index contributed by atoms with van der Waals surface area (Å²) in [4.78, 5) is 13.5. The van der Waals surface area contributed by atoms with Crippen molar-refractivity contribution in [3.05, 3.63) is 24.3 Å². The molecule has 2 rings (SSSR count). The lowest BCUT2D eigenvalue weighted by Crippen LogP contribution is -2.31. The number of aliphatic hydroxyl groups is 1. The van der Waals surface area contributed by atoms with Crippen LogP contribution in [0.3, 0.4) is 0 Å². The van der Waals surface area contributed by atoms with Crippen LogP contribution in [0, 0.1) is 0 Å². The fraction of sp³-hybridized carbons (Fsp3) is 0.500. The number of sulfonamides is 1. The summed E-state index contributed by atoms with van der Waals surface area (Å²) in [5, 5.41) is 8.92. The minimum Gasteiger partial charge on any atom is -0.396 e. The molecule has 1 aromatic rings. The molecule has 1 saturated heterocycles. The molecule has 0 atom stereocenters. The molecule has 1 aromatic carbocycles. The van der Waals surface area contributed by atoms with Gasteiger partial charge in [0.2, 0.25) is 15.9 Å². The lowest BCUT2D eigenvalue weighted by molar-refractivity contribution is -0.117. The summed E-state index contributed by atoms with van der Waals surface area (Å²) in [5.41, 5.74) is 1.23. The topological polar surface area (TPSA) is 77.9 Å². The molecule has 1 aliphatic heterocycles. The monoisotopic (exact) mass is 312 g/mol. The van der Waals surface area contributed by atoms with Crippen LogP contribution in [0.1, 0.15) is 19.3 Å². The largest absolute Gasteiger partial charge is 0.396 e. The fourth-order valence-electron chi connectivity index (χ4n) is 2.44. The lowest BCUT2D eigenvalue weighted by Gasteiger charge is -2.24. The highest BCUT2D eigenvalue weighted by Crippen LogP contribution is 2.27. The zero-order valence-electron chi connectivity index (χ0n) is 12.0. The van der Waals surface area contributed by atoms with Gasteiger partial charge in [-0.3, -0.25) is 9.10 Å². The number of anilines is 2. The molecule has 6 nitrogen and oxygen atoms in total. The minimum atomic E-state index is -3.43. The van der Waals surface area contributed by atoms with Gasteiger partial charge < -0.3 is 10.0 Å². The highest BCUT2D eigenvalue weighted by Gasteiger charge is 2.23. The Bertz CT molecular complexity index is 615. The van der Waals surface area contributed by atoms with Gasteiger partial charge in [-0.25, -0.2) is 8.42 Å². The van der Waals surface area contributed by atoms with E-state index in [2.05, 4.69) is 0 Å². The van der Waals surface area contributed by atoms with E-state index in [1.54, 1.807) is 29.2 Å². The van der Waals surface area contributed by atoms with Gasteiger partial charge in [-0.15, -0.1) is 0 Å². The molecular formula is C14H20N2O4S. The van der Waals surface area contributed by atoms with Crippen LogP contribution in [0.4, 0.5) is 11.4 Å². The molecule has 7 heteroatoms. The molecule has 1 N–H and O–H groups in total. The second kappa shape index (κ2) is 6.44. The summed E-state index contributed by atoms with van der Waals surface area (Å²) in [6.07, 6.45) is 2.85. The predicted octanol–water partition coefficient (Wildman–Crippen LogP) is 0.962. The zero-order valence-corrected chi connectivity index (χ0v) is 12.8. The Morgan fingerprint density at radius 2 is 2.14 bits per heavy atom. The van der Waals surface area contributed by atoms with Crippen LogP contribution in [0.5, 0.6) is 0 Å². The normalized spacial score (nSPS) is 15.5. The van der Waals surface area contributed by atoms with Crippen LogP contribution in [-0.4, -0.2) is 45.4 Å². The number of carbonyl (C=O) groups is 1. The summed E-state index contributed by atoms with van der Waals surface area (Å²) in [7, 11) is -3.43. The van der Waals surface area contributed by atoms with E-state index in [1.165, 1.54) is 4.31 Å². The van der Waals surface area contributed by atoms with Crippen molar-refractivity contribution >= 4 is 27.3 Å². The number of amides is 1. The van der Waals surface area contributed by atoms with Crippen LogP contribution < -0.4 is 9.21 Å². The number of rotatable bonds is 6. The van der Waals surface area contributed by atoms with E-state index in [4.69, 9.17) is 5.11 Å². The molecule has 21 heavy (non-hydrogen) atoms. The van der Waals surface area contributed by atoms with Gasteiger partial charge in [0.05, 0.1) is 11.9 Å². The number of benzene rings is 1. The van der Waals surface area contributed by atoms with E-state index in [0.717, 1.165) is 12.7 Å². The van der Waals surface area contributed by atoms with Crippen LogP contribution >= 0.6 is 0 Å². The summed E-state index contributed by atoms with van der Waals surface area (Å²) >= 11 is 0. The smallest absolute Gasteiger partial charge is 0.232 e. The average Bonchev–Trinajstić information content (AvgIpc) is 2.84. The quantitative estimate of drug-likeness (QED) is 0.849. The van der Waals surface area contributed by atoms with Crippen LogP contribution in [0.15, 0.2) is 24.3 Å². The average molecular weight is 312 g/mol. The molecule has 0 spiro atoms. The Hall–Kier alpha value is -1.60. The molecule has 0 saturated carbocycles. The molecule has 1 heterocycles. The van der Waals surface area contributed by atoms with Crippen molar-refractivity contribution in [2.24, 2.45) is 0 Å². The van der Waals surface area contributed by atoms with Gasteiger partial charge in [0.15, 0.2) is 0 Å². The predicted molar refractivity (Wildman–Crippen MR) is 81.9 cm³/mol. The van der Waals surface area contributed by atoms with Crippen molar-refractivity contribution in [2.45, 2.75) is 19.3 Å². The van der Waals surface area contributed by atoms with Crippen LogP contribution in [0.25, 0.3) is 0 Å². The van der Waals surface area contributed by atoms with E-state index in [1.807, 2.05) is 0 Å².